The number of benzene rings is 1. The van der Waals surface area contributed by atoms with Crippen molar-refractivity contribution < 1.29 is 13.5 Å². The summed E-state index contributed by atoms with van der Waals surface area (Å²) in [6, 6.07) is 7.16. The predicted octanol–water partition coefficient (Wildman–Crippen LogP) is 8.07. The summed E-state index contributed by atoms with van der Waals surface area (Å²) >= 11 is 0. The van der Waals surface area contributed by atoms with E-state index < -0.39 is 12.3 Å². The Labute approximate surface area is 193 Å². The van der Waals surface area contributed by atoms with Gasteiger partial charge in [-0.05, 0) is 49.1 Å². The van der Waals surface area contributed by atoms with Crippen molar-refractivity contribution in [2.75, 3.05) is 6.61 Å². The molecular formula is C27H40F2N2O. The number of alkyl halides is 2. The molecule has 0 N–H and O–H groups in total. The first-order valence-electron chi connectivity index (χ1n) is 12.5. The average molecular weight is 447 g/mol. The molecule has 1 aromatic carbocycles. The van der Waals surface area contributed by atoms with Gasteiger partial charge in [0.15, 0.2) is 12.0 Å². The summed E-state index contributed by atoms with van der Waals surface area (Å²) in [6.45, 7) is 3.60. The molecule has 0 aliphatic carbocycles. The summed E-state index contributed by atoms with van der Waals surface area (Å²) in [5.41, 5.74) is 2.04. The van der Waals surface area contributed by atoms with E-state index in [1.807, 2.05) is 24.5 Å². The molecule has 0 spiro atoms. The number of halogens is 2. The Hall–Kier alpha value is -2.04. The van der Waals surface area contributed by atoms with E-state index in [0.29, 0.717) is 11.6 Å². The molecule has 1 aromatic heterocycles. The highest BCUT2D eigenvalue weighted by atomic mass is 19.2. The summed E-state index contributed by atoms with van der Waals surface area (Å²) in [4.78, 5) is 8.98. The van der Waals surface area contributed by atoms with Crippen LogP contribution >= 0.6 is 0 Å². The van der Waals surface area contributed by atoms with Crippen molar-refractivity contribution in [3.05, 3.63) is 42.2 Å². The fraction of sp³-hybridized carbons (Fsp3) is 0.630. The molecule has 0 aliphatic heterocycles. The minimum atomic E-state index is -1.61. The predicted molar refractivity (Wildman–Crippen MR) is 129 cm³/mol. The van der Waals surface area contributed by atoms with Gasteiger partial charge in [-0.15, -0.1) is 0 Å². The van der Waals surface area contributed by atoms with Crippen molar-refractivity contribution >= 4 is 0 Å². The quantitative estimate of drug-likeness (QED) is 0.230. The van der Waals surface area contributed by atoms with E-state index in [1.54, 1.807) is 19.1 Å². The molecule has 32 heavy (non-hydrogen) atoms. The minimum Gasteiger partial charge on any atom is -0.490 e. The number of unbranched alkanes of at least 4 members (excludes halogenated alkanes) is 9. The van der Waals surface area contributed by atoms with E-state index >= 15 is 0 Å². The zero-order valence-electron chi connectivity index (χ0n) is 19.9. The lowest BCUT2D eigenvalue weighted by atomic mass is 10.0. The zero-order valence-corrected chi connectivity index (χ0v) is 19.9. The zero-order chi connectivity index (χ0) is 23.0. The number of aromatic nitrogens is 2. The largest absolute Gasteiger partial charge is 0.490 e. The Balaban J connectivity index is 1.65. The van der Waals surface area contributed by atoms with E-state index in [-0.39, 0.29) is 13.0 Å². The van der Waals surface area contributed by atoms with E-state index in [2.05, 4.69) is 16.9 Å². The van der Waals surface area contributed by atoms with Gasteiger partial charge >= 0.3 is 0 Å². The first-order chi connectivity index (χ1) is 15.6. The average Bonchev–Trinajstić information content (AvgIpc) is 2.84. The van der Waals surface area contributed by atoms with Crippen LogP contribution in [-0.2, 0) is 6.42 Å². The number of hydrogen-bond acceptors (Lipinski definition) is 3. The summed E-state index contributed by atoms with van der Waals surface area (Å²) in [7, 11) is 0. The second-order valence-corrected chi connectivity index (χ2v) is 8.62. The molecule has 3 nitrogen and oxygen atoms in total. The third-order valence-electron chi connectivity index (χ3n) is 5.83. The molecule has 0 saturated carbocycles. The molecule has 2 unspecified atom stereocenters. The summed E-state index contributed by atoms with van der Waals surface area (Å²) in [6.07, 6.45) is 15.2. The van der Waals surface area contributed by atoms with E-state index in [1.165, 1.54) is 69.8 Å². The maximum atomic E-state index is 13.6. The molecular weight excluding hydrogens is 406 g/mol. The lowest BCUT2D eigenvalue weighted by molar-refractivity contribution is 0.106. The van der Waals surface area contributed by atoms with Crippen LogP contribution in [0.2, 0.25) is 0 Å². The SMILES string of the molecule is CCCCCCCCCCCCc1cnc(-c2ccc(OCC(F)C(F)CC)cc2)nc1. The van der Waals surface area contributed by atoms with Crippen molar-refractivity contribution in [3.63, 3.8) is 0 Å². The van der Waals surface area contributed by atoms with Crippen LogP contribution in [0.1, 0.15) is 90.0 Å². The van der Waals surface area contributed by atoms with Gasteiger partial charge in [0.2, 0.25) is 0 Å². The Kier molecular flexibility index (Phi) is 12.9. The number of rotatable bonds is 17. The molecule has 0 saturated heterocycles. The van der Waals surface area contributed by atoms with E-state index in [9.17, 15) is 8.78 Å². The van der Waals surface area contributed by atoms with Crippen LogP contribution in [0.4, 0.5) is 8.78 Å². The first kappa shape index (κ1) is 26.2. The lowest BCUT2D eigenvalue weighted by Gasteiger charge is -2.13. The minimum absolute atomic E-state index is 0.149. The smallest absolute Gasteiger partial charge is 0.165 e. The Morgan fingerprint density at radius 3 is 1.88 bits per heavy atom. The van der Waals surface area contributed by atoms with E-state index in [0.717, 1.165) is 12.0 Å². The standard InChI is InChI=1S/C27H40F2N2O/c1-3-5-6-7-8-9-10-11-12-13-14-22-19-30-27(31-20-22)23-15-17-24(18-16-23)32-21-26(29)25(28)4-2/h15-20,25-26H,3-14,21H2,1-2H3. The fourth-order valence-electron chi connectivity index (χ4n) is 3.69. The van der Waals surface area contributed by atoms with Gasteiger partial charge in [0, 0.05) is 18.0 Å². The maximum absolute atomic E-state index is 13.6. The number of aryl methyl sites for hydroxylation is 1. The van der Waals surface area contributed by atoms with Crippen LogP contribution in [0.15, 0.2) is 36.7 Å². The van der Waals surface area contributed by atoms with Crippen LogP contribution < -0.4 is 4.74 Å². The first-order valence-corrected chi connectivity index (χ1v) is 12.5. The summed E-state index contributed by atoms with van der Waals surface area (Å²) < 4.78 is 32.2. The molecule has 0 fully saturated rings. The maximum Gasteiger partial charge on any atom is 0.165 e. The highest BCUT2D eigenvalue weighted by Crippen LogP contribution is 2.21. The van der Waals surface area contributed by atoms with Crippen molar-refractivity contribution in [1.82, 2.24) is 9.97 Å². The number of hydrogen-bond donors (Lipinski definition) is 0. The highest BCUT2D eigenvalue weighted by molar-refractivity contribution is 5.55. The molecule has 2 atom stereocenters. The molecule has 0 amide bonds. The topological polar surface area (TPSA) is 35.0 Å². The van der Waals surface area contributed by atoms with Crippen molar-refractivity contribution in [1.29, 1.82) is 0 Å². The summed E-state index contributed by atoms with van der Waals surface area (Å²) in [5, 5.41) is 0. The van der Waals surface area contributed by atoms with Gasteiger partial charge in [-0.25, -0.2) is 18.7 Å². The van der Waals surface area contributed by atoms with Crippen LogP contribution in [-0.4, -0.2) is 28.9 Å². The van der Waals surface area contributed by atoms with Gasteiger partial charge in [-0.1, -0.05) is 71.6 Å². The van der Waals surface area contributed by atoms with Gasteiger partial charge in [0.05, 0.1) is 0 Å². The van der Waals surface area contributed by atoms with Gasteiger partial charge < -0.3 is 4.74 Å². The molecule has 0 bridgehead atoms. The third-order valence-corrected chi connectivity index (χ3v) is 5.83. The van der Waals surface area contributed by atoms with Gasteiger partial charge in [-0.3, -0.25) is 0 Å². The Bertz CT molecular complexity index is 721. The van der Waals surface area contributed by atoms with Crippen molar-refractivity contribution in [2.45, 2.75) is 103 Å². The van der Waals surface area contributed by atoms with Gasteiger partial charge in [0.1, 0.15) is 18.5 Å². The Morgan fingerprint density at radius 2 is 1.31 bits per heavy atom. The van der Waals surface area contributed by atoms with Gasteiger partial charge in [0.25, 0.3) is 0 Å². The molecule has 2 aromatic rings. The molecule has 5 heteroatoms. The fourth-order valence-corrected chi connectivity index (χ4v) is 3.69. The van der Waals surface area contributed by atoms with Crippen LogP contribution in [0.25, 0.3) is 11.4 Å². The van der Waals surface area contributed by atoms with Gasteiger partial charge in [-0.2, -0.15) is 0 Å². The molecule has 1 heterocycles. The molecule has 0 radical (unpaired) electrons. The summed E-state index contributed by atoms with van der Waals surface area (Å²) in [5.74, 6) is 1.17. The highest BCUT2D eigenvalue weighted by Gasteiger charge is 2.19. The van der Waals surface area contributed by atoms with Crippen LogP contribution in [0.5, 0.6) is 5.75 Å². The second kappa shape index (κ2) is 15.7. The second-order valence-electron chi connectivity index (χ2n) is 8.62. The molecule has 2 rings (SSSR count). The molecule has 178 valence electrons. The normalized spacial score (nSPS) is 13.1. The number of ether oxygens (including phenoxy) is 1. The number of nitrogens with zero attached hydrogens (tertiary/aromatic N) is 2. The third kappa shape index (κ3) is 10.1. The Morgan fingerprint density at radius 1 is 0.750 bits per heavy atom. The van der Waals surface area contributed by atoms with Crippen molar-refractivity contribution in [3.8, 4) is 17.1 Å². The molecule has 0 aliphatic rings. The van der Waals surface area contributed by atoms with Crippen molar-refractivity contribution in [2.24, 2.45) is 0 Å². The van der Waals surface area contributed by atoms with Crippen LogP contribution in [0, 0.1) is 0 Å². The van der Waals surface area contributed by atoms with Crippen LogP contribution in [0.3, 0.4) is 0 Å². The van der Waals surface area contributed by atoms with E-state index in [4.69, 9.17) is 4.74 Å². The monoisotopic (exact) mass is 446 g/mol. The lowest BCUT2D eigenvalue weighted by Crippen LogP contribution is -2.23.